The largest absolute Gasteiger partial charge is 0.497 e. The minimum Gasteiger partial charge on any atom is -0.497 e. The van der Waals surface area contributed by atoms with Gasteiger partial charge in [0.1, 0.15) is 11.0 Å². The fourth-order valence-electron chi connectivity index (χ4n) is 2.73. The first-order chi connectivity index (χ1) is 13.5. The number of carbonyl (C=O) groups excluding carboxylic acids is 2. The number of thioether (sulfide) groups is 1. The van der Waals surface area contributed by atoms with Gasteiger partial charge >= 0.3 is 0 Å². The van der Waals surface area contributed by atoms with Crippen molar-refractivity contribution >= 4 is 40.1 Å². The maximum atomic E-state index is 12.6. The van der Waals surface area contributed by atoms with Gasteiger partial charge in [0.05, 0.1) is 18.5 Å². The zero-order valence-electron chi connectivity index (χ0n) is 15.5. The number of imide groups is 1. The molecule has 1 fully saturated rings. The van der Waals surface area contributed by atoms with Crippen molar-refractivity contribution in [2.45, 2.75) is 18.6 Å². The normalized spacial score (nSPS) is 17.9. The van der Waals surface area contributed by atoms with Gasteiger partial charge in [0, 0.05) is 6.42 Å². The van der Waals surface area contributed by atoms with E-state index in [9.17, 15) is 9.59 Å². The SMILES string of the molecule is COc1ccc(C(C)=NN=C(N)S[C@H]2CC(=O)N(c3ccccc3)C2=O)cc1. The molecule has 0 saturated carbocycles. The minimum atomic E-state index is -0.604. The zero-order valence-corrected chi connectivity index (χ0v) is 16.3. The van der Waals surface area contributed by atoms with Crippen molar-refractivity contribution in [2.75, 3.05) is 12.0 Å². The first-order valence-electron chi connectivity index (χ1n) is 8.60. The number of rotatable bonds is 5. The lowest BCUT2D eigenvalue weighted by Crippen LogP contribution is -2.31. The van der Waals surface area contributed by atoms with E-state index in [-0.39, 0.29) is 23.4 Å². The average Bonchev–Trinajstić information content (AvgIpc) is 2.99. The van der Waals surface area contributed by atoms with Gasteiger partial charge in [0.2, 0.25) is 11.8 Å². The number of anilines is 1. The Bertz CT molecular complexity index is 926. The molecule has 0 aromatic heterocycles. The van der Waals surface area contributed by atoms with E-state index >= 15 is 0 Å². The molecule has 2 aromatic carbocycles. The van der Waals surface area contributed by atoms with E-state index in [1.165, 1.54) is 4.90 Å². The average molecular weight is 396 g/mol. The number of nitrogens with two attached hydrogens (primary N) is 1. The van der Waals surface area contributed by atoms with Crippen LogP contribution in [-0.2, 0) is 9.59 Å². The van der Waals surface area contributed by atoms with Gasteiger partial charge < -0.3 is 10.5 Å². The molecule has 0 aliphatic carbocycles. The van der Waals surface area contributed by atoms with Crippen LogP contribution in [0.2, 0.25) is 0 Å². The Labute approximate surface area is 167 Å². The molecule has 1 aliphatic rings. The molecule has 1 aliphatic heterocycles. The Morgan fingerprint density at radius 1 is 1.11 bits per heavy atom. The molecular weight excluding hydrogens is 376 g/mol. The molecule has 0 radical (unpaired) electrons. The molecule has 2 amide bonds. The summed E-state index contributed by atoms with van der Waals surface area (Å²) in [4.78, 5) is 26.0. The van der Waals surface area contributed by atoms with Gasteiger partial charge in [0.25, 0.3) is 0 Å². The molecular formula is C20H20N4O3S. The molecule has 8 heteroatoms. The third-order valence-electron chi connectivity index (χ3n) is 4.19. The van der Waals surface area contributed by atoms with E-state index in [2.05, 4.69) is 10.2 Å². The zero-order chi connectivity index (χ0) is 20.1. The van der Waals surface area contributed by atoms with Gasteiger partial charge in [-0.15, -0.1) is 5.10 Å². The number of amides is 2. The van der Waals surface area contributed by atoms with Crippen LogP contribution in [0.25, 0.3) is 0 Å². The van der Waals surface area contributed by atoms with E-state index in [0.29, 0.717) is 11.4 Å². The first kappa shape index (κ1) is 19.6. The van der Waals surface area contributed by atoms with E-state index in [1.54, 1.807) is 31.4 Å². The van der Waals surface area contributed by atoms with Gasteiger partial charge in [0.15, 0.2) is 5.17 Å². The summed E-state index contributed by atoms with van der Waals surface area (Å²) < 4.78 is 5.13. The Morgan fingerprint density at radius 3 is 2.43 bits per heavy atom. The summed E-state index contributed by atoms with van der Waals surface area (Å²) in [5.74, 6) is 0.206. The van der Waals surface area contributed by atoms with Crippen molar-refractivity contribution in [3.8, 4) is 5.75 Å². The summed E-state index contributed by atoms with van der Waals surface area (Å²) >= 11 is 1.05. The Hall–Kier alpha value is -3.13. The molecule has 1 saturated heterocycles. The van der Waals surface area contributed by atoms with Crippen LogP contribution in [0, 0.1) is 0 Å². The summed E-state index contributed by atoms with van der Waals surface area (Å²) in [6.45, 7) is 1.81. The highest BCUT2D eigenvalue weighted by molar-refractivity contribution is 8.14. The number of amidine groups is 1. The summed E-state index contributed by atoms with van der Waals surface area (Å²) in [5, 5.41) is 7.65. The summed E-state index contributed by atoms with van der Waals surface area (Å²) in [7, 11) is 1.60. The van der Waals surface area contributed by atoms with E-state index < -0.39 is 5.25 Å². The minimum absolute atomic E-state index is 0.0792. The van der Waals surface area contributed by atoms with E-state index in [1.807, 2.05) is 37.3 Å². The molecule has 1 atom stereocenters. The lowest BCUT2D eigenvalue weighted by Gasteiger charge is -2.14. The number of para-hydroxylation sites is 1. The highest BCUT2D eigenvalue weighted by Crippen LogP contribution is 2.29. The number of methoxy groups -OCH3 is 1. The third-order valence-corrected chi connectivity index (χ3v) is 5.16. The lowest BCUT2D eigenvalue weighted by molar-refractivity contribution is -0.121. The smallest absolute Gasteiger partial charge is 0.247 e. The fraction of sp³-hybridized carbons (Fsp3) is 0.200. The molecule has 0 spiro atoms. The van der Waals surface area contributed by atoms with Crippen molar-refractivity contribution in [1.82, 2.24) is 0 Å². The van der Waals surface area contributed by atoms with Gasteiger partial charge in [-0.2, -0.15) is 5.10 Å². The molecule has 2 N–H and O–H groups in total. The number of ether oxygens (including phenoxy) is 1. The maximum absolute atomic E-state index is 12.6. The van der Waals surface area contributed by atoms with E-state index in [0.717, 1.165) is 23.1 Å². The van der Waals surface area contributed by atoms with Crippen molar-refractivity contribution in [3.63, 3.8) is 0 Å². The van der Waals surface area contributed by atoms with Crippen LogP contribution in [0.15, 0.2) is 64.8 Å². The van der Waals surface area contributed by atoms with Crippen LogP contribution in [0.1, 0.15) is 18.9 Å². The molecule has 1 heterocycles. The number of benzene rings is 2. The van der Waals surface area contributed by atoms with Gasteiger partial charge in [-0.05, 0) is 48.9 Å². The molecule has 28 heavy (non-hydrogen) atoms. The Balaban J connectivity index is 1.67. The van der Waals surface area contributed by atoms with Gasteiger partial charge in [-0.25, -0.2) is 4.90 Å². The van der Waals surface area contributed by atoms with Gasteiger partial charge in [-0.3, -0.25) is 9.59 Å². The topological polar surface area (TPSA) is 97.3 Å². The number of nitrogens with zero attached hydrogens (tertiary/aromatic N) is 3. The van der Waals surface area contributed by atoms with Crippen LogP contribution in [0.5, 0.6) is 5.75 Å². The molecule has 2 aromatic rings. The number of hydrogen-bond acceptors (Lipinski definition) is 6. The number of carbonyl (C=O) groups is 2. The molecule has 3 rings (SSSR count). The van der Waals surface area contributed by atoms with Gasteiger partial charge in [-0.1, -0.05) is 30.0 Å². The van der Waals surface area contributed by atoms with Crippen LogP contribution < -0.4 is 15.4 Å². The van der Waals surface area contributed by atoms with Crippen LogP contribution in [0.3, 0.4) is 0 Å². The molecule has 7 nitrogen and oxygen atoms in total. The fourth-order valence-corrected chi connectivity index (χ4v) is 3.54. The Morgan fingerprint density at radius 2 is 1.79 bits per heavy atom. The Kier molecular flexibility index (Phi) is 6.10. The van der Waals surface area contributed by atoms with Crippen molar-refractivity contribution < 1.29 is 14.3 Å². The molecule has 0 unspecified atom stereocenters. The summed E-state index contributed by atoms with van der Waals surface area (Å²) in [6.07, 6.45) is 0.0792. The monoisotopic (exact) mass is 396 g/mol. The van der Waals surface area contributed by atoms with Crippen molar-refractivity contribution in [3.05, 3.63) is 60.2 Å². The number of hydrogen-bond donors (Lipinski definition) is 1. The highest BCUT2D eigenvalue weighted by Gasteiger charge is 2.40. The molecule has 0 bridgehead atoms. The third kappa shape index (κ3) is 4.40. The van der Waals surface area contributed by atoms with Crippen molar-refractivity contribution in [1.29, 1.82) is 0 Å². The van der Waals surface area contributed by atoms with Crippen LogP contribution >= 0.6 is 11.8 Å². The summed E-state index contributed by atoms with van der Waals surface area (Å²) in [6, 6.07) is 16.2. The van der Waals surface area contributed by atoms with Crippen molar-refractivity contribution in [2.24, 2.45) is 15.9 Å². The first-order valence-corrected chi connectivity index (χ1v) is 9.48. The highest BCUT2D eigenvalue weighted by atomic mass is 32.2. The predicted octanol–water partition coefficient (Wildman–Crippen LogP) is 2.80. The standard InChI is InChI=1S/C20H20N4O3S/c1-13(14-8-10-16(27-2)11-9-14)22-23-20(21)28-17-12-18(25)24(19(17)26)15-6-4-3-5-7-15/h3-11,17H,12H2,1-2H3,(H2,21,23)/t17-/m0/s1. The van der Waals surface area contributed by atoms with E-state index in [4.69, 9.17) is 10.5 Å². The second kappa shape index (κ2) is 8.71. The quantitative estimate of drug-likeness (QED) is 0.363. The summed E-state index contributed by atoms with van der Waals surface area (Å²) in [5.41, 5.74) is 8.03. The van der Waals surface area contributed by atoms with Crippen LogP contribution in [0.4, 0.5) is 5.69 Å². The second-order valence-electron chi connectivity index (χ2n) is 6.07. The lowest BCUT2D eigenvalue weighted by atomic mass is 10.1. The van der Waals surface area contributed by atoms with Crippen LogP contribution in [-0.4, -0.2) is 35.1 Å². The second-order valence-corrected chi connectivity index (χ2v) is 7.29. The molecule has 144 valence electrons. The maximum Gasteiger partial charge on any atom is 0.247 e. The predicted molar refractivity (Wildman–Crippen MR) is 112 cm³/mol.